The predicted octanol–water partition coefficient (Wildman–Crippen LogP) is 1.39. The summed E-state index contributed by atoms with van der Waals surface area (Å²) in [6.07, 6.45) is 2.65. The van der Waals surface area contributed by atoms with Crippen molar-refractivity contribution in [2.24, 2.45) is 5.73 Å². The summed E-state index contributed by atoms with van der Waals surface area (Å²) in [7, 11) is 0. The topological polar surface area (TPSA) is 38.9 Å². The highest BCUT2D eigenvalue weighted by atomic mass is 35.5. The van der Waals surface area contributed by atoms with Gasteiger partial charge in [0.05, 0.1) is 0 Å². The molecule has 0 aromatic carbocycles. The van der Waals surface area contributed by atoms with Crippen molar-refractivity contribution in [1.82, 2.24) is 4.98 Å². The average Bonchev–Trinajstić information content (AvgIpc) is 1.88. The first-order valence-corrected chi connectivity index (χ1v) is 3.44. The van der Waals surface area contributed by atoms with Gasteiger partial charge in [-0.05, 0) is 19.1 Å². The SMILES string of the molecule is CC(N)Cc1ccccn1.Cl. The van der Waals surface area contributed by atoms with Crippen LogP contribution in [-0.4, -0.2) is 11.0 Å². The summed E-state index contributed by atoms with van der Waals surface area (Å²) in [6.45, 7) is 1.98. The largest absolute Gasteiger partial charge is 0.328 e. The second kappa shape index (κ2) is 5.10. The third kappa shape index (κ3) is 3.96. The van der Waals surface area contributed by atoms with Crippen molar-refractivity contribution in [2.45, 2.75) is 19.4 Å². The lowest BCUT2D eigenvalue weighted by Gasteiger charge is -2.01. The van der Waals surface area contributed by atoms with Crippen molar-refractivity contribution in [1.29, 1.82) is 0 Å². The lowest BCUT2D eigenvalue weighted by atomic mass is 10.2. The van der Waals surface area contributed by atoms with Crippen LogP contribution < -0.4 is 5.73 Å². The molecule has 0 fully saturated rings. The molecule has 0 radical (unpaired) electrons. The molecule has 0 aliphatic heterocycles. The zero-order valence-electron chi connectivity index (χ0n) is 6.53. The van der Waals surface area contributed by atoms with Crippen LogP contribution in [0.2, 0.25) is 0 Å². The van der Waals surface area contributed by atoms with Crippen LogP contribution in [0.1, 0.15) is 12.6 Å². The minimum Gasteiger partial charge on any atom is -0.328 e. The Morgan fingerprint density at radius 2 is 2.27 bits per heavy atom. The third-order valence-electron chi connectivity index (χ3n) is 1.26. The number of nitrogens with two attached hydrogens (primary N) is 1. The summed E-state index contributed by atoms with van der Waals surface area (Å²) in [5.74, 6) is 0. The van der Waals surface area contributed by atoms with Crippen LogP contribution >= 0.6 is 12.4 Å². The Bertz CT molecular complexity index is 187. The molecule has 1 unspecified atom stereocenters. The van der Waals surface area contributed by atoms with E-state index in [2.05, 4.69) is 4.98 Å². The molecule has 0 amide bonds. The van der Waals surface area contributed by atoms with Gasteiger partial charge in [-0.2, -0.15) is 0 Å². The van der Waals surface area contributed by atoms with E-state index >= 15 is 0 Å². The fourth-order valence-corrected chi connectivity index (χ4v) is 0.849. The van der Waals surface area contributed by atoms with E-state index in [-0.39, 0.29) is 18.4 Å². The molecule has 0 aliphatic rings. The van der Waals surface area contributed by atoms with E-state index in [1.807, 2.05) is 25.1 Å². The van der Waals surface area contributed by atoms with E-state index in [9.17, 15) is 0 Å². The number of hydrogen-bond donors (Lipinski definition) is 1. The first kappa shape index (κ1) is 10.4. The van der Waals surface area contributed by atoms with E-state index in [1.54, 1.807) is 6.20 Å². The number of pyridine rings is 1. The van der Waals surface area contributed by atoms with Crippen molar-refractivity contribution >= 4 is 12.4 Å². The van der Waals surface area contributed by atoms with E-state index in [4.69, 9.17) is 5.73 Å². The monoisotopic (exact) mass is 172 g/mol. The summed E-state index contributed by atoms with van der Waals surface area (Å²) in [4.78, 5) is 4.14. The van der Waals surface area contributed by atoms with Crippen LogP contribution in [0.5, 0.6) is 0 Å². The van der Waals surface area contributed by atoms with Crippen molar-refractivity contribution in [3.8, 4) is 0 Å². The summed E-state index contributed by atoms with van der Waals surface area (Å²) >= 11 is 0. The van der Waals surface area contributed by atoms with Crippen LogP contribution in [0, 0.1) is 0 Å². The van der Waals surface area contributed by atoms with Gasteiger partial charge in [0, 0.05) is 24.4 Å². The molecule has 0 spiro atoms. The van der Waals surface area contributed by atoms with Crippen LogP contribution in [0.4, 0.5) is 0 Å². The summed E-state index contributed by atoms with van der Waals surface area (Å²) < 4.78 is 0. The molecule has 1 aromatic heterocycles. The number of aromatic nitrogens is 1. The van der Waals surface area contributed by atoms with E-state index in [0.29, 0.717) is 0 Å². The van der Waals surface area contributed by atoms with Gasteiger partial charge in [0.25, 0.3) is 0 Å². The fourth-order valence-electron chi connectivity index (χ4n) is 0.849. The lowest BCUT2D eigenvalue weighted by molar-refractivity contribution is 0.722. The Morgan fingerprint density at radius 3 is 2.73 bits per heavy atom. The maximum absolute atomic E-state index is 5.58. The Balaban J connectivity index is 0.000001000. The minimum absolute atomic E-state index is 0. The van der Waals surface area contributed by atoms with Gasteiger partial charge in [0.1, 0.15) is 0 Å². The fraction of sp³-hybridized carbons (Fsp3) is 0.375. The smallest absolute Gasteiger partial charge is 0.0418 e. The second-order valence-electron chi connectivity index (χ2n) is 2.50. The van der Waals surface area contributed by atoms with E-state index in [1.165, 1.54) is 0 Å². The van der Waals surface area contributed by atoms with Gasteiger partial charge in [-0.25, -0.2) is 0 Å². The van der Waals surface area contributed by atoms with Crippen molar-refractivity contribution in [3.63, 3.8) is 0 Å². The molecule has 0 saturated carbocycles. The molecule has 3 heteroatoms. The Hall–Kier alpha value is -0.600. The first-order chi connectivity index (χ1) is 4.79. The van der Waals surface area contributed by atoms with Gasteiger partial charge in [0.15, 0.2) is 0 Å². The predicted molar refractivity (Wildman–Crippen MR) is 48.8 cm³/mol. The lowest BCUT2D eigenvalue weighted by Crippen LogP contribution is -2.18. The summed E-state index contributed by atoms with van der Waals surface area (Å²) in [6, 6.07) is 6.08. The molecule has 0 aliphatic carbocycles. The molecule has 0 saturated heterocycles. The molecule has 62 valence electrons. The molecule has 1 rings (SSSR count). The van der Waals surface area contributed by atoms with Crippen molar-refractivity contribution < 1.29 is 0 Å². The Kier molecular flexibility index (Phi) is 4.83. The van der Waals surface area contributed by atoms with Gasteiger partial charge >= 0.3 is 0 Å². The molecule has 1 heterocycles. The summed E-state index contributed by atoms with van der Waals surface area (Å²) in [5.41, 5.74) is 6.65. The molecule has 11 heavy (non-hydrogen) atoms. The second-order valence-corrected chi connectivity index (χ2v) is 2.50. The first-order valence-electron chi connectivity index (χ1n) is 3.44. The van der Waals surface area contributed by atoms with Crippen LogP contribution in [0.3, 0.4) is 0 Å². The van der Waals surface area contributed by atoms with Crippen LogP contribution in [0.25, 0.3) is 0 Å². The zero-order chi connectivity index (χ0) is 7.40. The highest BCUT2D eigenvalue weighted by molar-refractivity contribution is 5.85. The third-order valence-corrected chi connectivity index (χ3v) is 1.26. The highest BCUT2D eigenvalue weighted by Gasteiger charge is 1.95. The highest BCUT2D eigenvalue weighted by Crippen LogP contribution is 1.95. The standard InChI is InChI=1S/C8H12N2.ClH/c1-7(9)6-8-4-2-3-5-10-8;/h2-5,7H,6,9H2,1H3;1H. The van der Waals surface area contributed by atoms with Crippen molar-refractivity contribution in [3.05, 3.63) is 30.1 Å². The van der Waals surface area contributed by atoms with Gasteiger partial charge in [-0.3, -0.25) is 4.98 Å². The van der Waals surface area contributed by atoms with Gasteiger partial charge in [0.2, 0.25) is 0 Å². The number of nitrogens with zero attached hydrogens (tertiary/aromatic N) is 1. The van der Waals surface area contributed by atoms with Crippen molar-refractivity contribution in [2.75, 3.05) is 0 Å². The minimum atomic E-state index is 0. The molecule has 2 nitrogen and oxygen atoms in total. The quantitative estimate of drug-likeness (QED) is 0.733. The van der Waals surface area contributed by atoms with E-state index in [0.717, 1.165) is 12.1 Å². The maximum atomic E-state index is 5.58. The van der Waals surface area contributed by atoms with Crippen LogP contribution in [0.15, 0.2) is 24.4 Å². The van der Waals surface area contributed by atoms with E-state index < -0.39 is 0 Å². The molecular formula is C8H13ClN2. The van der Waals surface area contributed by atoms with Gasteiger partial charge < -0.3 is 5.73 Å². The molecule has 1 aromatic rings. The number of halogens is 1. The summed E-state index contributed by atoms with van der Waals surface area (Å²) in [5, 5.41) is 0. The van der Waals surface area contributed by atoms with Gasteiger partial charge in [-0.15, -0.1) is 12.4 Å². The normalized spacial score (nSPS) is 11.8. The zero-order valence-corrected chi connectivity index (χ0v) is 7.34. The number of hydrogen-bond acceptors (Lipinski definition) is 2. The van der Waals surface area contributed by atoms with Crippen LogP contribution in [-0.2, 0) is 6.42 Å². The molecule has 0 bridgehead atoms. The number of rotatable bonds is 2. The Morgan fingerprint density at radius 1 is 1.55 bits per heavy atom. The Labute approximate surface area is 73.2 Å². The average molecular weight is 173 g/mol. The maximum Gasteiger partial charge on any atom is 0.0418 e. The molecule has 2 N–H and O–H groups in total. The molecule has 1 atom stereocenters. The van der Waals surface area contributed by atoms with Gasteiger partial charge in [-0.1, -0.05) is 6.07 Å². The molecular weight excluding hydrogens is 160 g/mol.